The maximum atomic E-state index is 13.4. The number of nitrogens with zero attached hydrogens (tertiary/aromatic N) is 5. The van der Waals surface area contributed by atoms with Gasteiger partial charge in [-0.3, -0.25) is 9.48 Å². The lowest BCUT2D eigenvalue weighted by Crippen LogP contribution is -2.50. The van der Waals surface area contributed by atoms with Crippen molar-refractivity contribution < 1.29 is 18.0 Å². The van der Waals surface area contributed by atoms with Crippen molar-refractivity contribution in [2.75, 3.05) is 28.2 Å². The molecule has 5 rings (SSSR count). The van der Waals surface area contributed by atoms with Crippen molar-refractivity contribution in [3.05, 3.63) is 65.4 Å². The van der Waals surface area contributed by atoms with E-state index in [1.165, 1.54) is 4.68 Å². The summed E-state index contributed by atoms with van der Waals surface area (Å²) in [6, 6.07) is 3.79. The quantitative estimate of drug-likeness (QED) is 0.573. The molecule has 4 heterocycles. The van der Waals surface area contributed by atoms with Gasteiger partial charge in [0.05, 0.1) is 30.3 Å². The predicted octanol–water partition coefficient (Wildman–Crippen LogP) is 3.69. The van der Waals surface area contributed by atoms with Gasteiger partial charge in [-0.1, -0.05) is 0 Å². The van der Waals surface area contributed by atoms with Gasteiger partial charge in [-0.25, -0.2) is 18.2 Å². The van der Waals surface area contributed by atoms with Gasteiger partial charge in [0.15, 0.2) is 17.5 Å². The summed E-state index contributed by atoms with van der Waals surface area (Å²) in [7, 11) is 0. The first-order valence-electron chi connectivity index (χ1n) is 10.9. The summed E-state index contributed by atoms with van der Waals surface area (Å²) in [5.41, 5.74) is 2.97. The van der Waals surface area contributed by atoms with Gasteiger partial charge in [0.1, 0.15) is 11.9 Å². The molecule has 2 aromatic heterocycles. The molecule has 0 saturated carbocycles. The van der Waals surface area contributed by atoms with Crippen LogP contribution < -0.4 is 15.1 Å². The third-order valence-corrected chi connectivity index (χ3v) is 6.13. The fourth-order valence-electron chi connectivity index (χ4n) is 4.57. The van der Waals surface area contributed by atoms with E-state index in [1.54, 1.807) is 23.5 Å². The second-order valence-electron chi connectivity index (χ2n) is 8.27. The zero-order chi connectivity index (χ0) is 23.1. The second kappa shape index (κ2) is 8.42. The second-order valence-corrected chi connectivity index (χ2v) is 8.27. The SMILES string of the molecule is CCN1C(=O)C2CCCN2c2cc(NCc3cnn(Cc4cc(F)c(F)c(F)c4)c3)ncc21. The summed E-state index contributed by atoms with van der Waals surface area (Å²) in [4.78, 5) is 21.2. The topological polar surface area (TPSA) is 66.3 Å². The number of rotatable bonds is 6. The molecule has 1 unspecified atom stereocenters. The largest absolute Gasteiger partial charge is 0.366 e. The monoisotopic (exact) mass is 456 g/mol. The molecule has 1 N–H and O–H groups in total. The van der Waals surface area contributed by atoms with Crippen LogP contribution in [0, 0.1) is 17.5 Å². The Morgan fingerprint density at radius 2 is 1.88 bits per heavy atom. The van der Waals surface area contributed by atoms with E-state index in [1.807, 2.05) is 13.0 Å². The Balaban J connectivity index is 1.29. The van der Waals surface area contributed by atoms with Crippen molar-refractivity contribution >= 4 is 23.1 Å². The standard InChI is InChI=1S/C23H23F3N6O/c1-2-31-20-11-28-21(8-19(20)32-5-3-4-18(32)23(31)33)27-9-15-10-29-30(13-15)12-14-6-16(24)22(26)17(25)7-14/h6-8,10-11,13,18H,2-5,9,12H2,1H3,(H,27,28). The lowest BCUT2D eigenvalue weighted by atomic mass is 10.1. The average molecular weight is 456 g/mol. The van der Waals surface area contributed by atoms with Crippen molar-refractivity contribution in [3.63, 3.8) is 0 Å². The number of anilines is 3. The number of aromatic nitrogens is 3. The molecule has 2 aliphatic rings. The first-order chi connectivity index (χ1) is 15.9. The van der Waals surface area contributed by atoms with E-state index in [-0.39, 0.29) is 24.1 Å². The number of nitrogens with one attached hydrogen (secondary N) is 1. The molecule has 33 heavy (non-hydrogen) atoms. The fraction of sp³-hybridized carbons (Fsp3) is 0.348. The summed E-state index contributed by atoms with van der Waals surface area (Å²) >= 11 is 0. The van der Waals surface area contributed by atoms with Crippen LogP contribution in [-0.4, -0.2) is 39.8 Å². The van der Waals surface area contributed by atoms with Gasteiger partial charge >= 0.3 is 0 Å². The molecule has 0 spiro atoms. The van der Waals surface area contributed by atoms with E-state index < -0.39 is 17.5 Å². The molecule has 1 atom stereocenters. The number of hydrogen-bond donors (Lipinski definition) is 1. The highest BCUT2D eigenvalue weighted by atomic mass is 19.2. The fourth-order valence-corrected chi connectivity index (χ4v) is 4.57. The number of fused-ring (bicyclic) bond motifs is 3. The molecular formula is C23H23F3N6O. The number of halogens is 3. The Labute approximate surface area is 188 Å². The van der Waals surface area contributed by atoms with Crippen LogP contribution in [0.1, 0.15) is 30.9 Å². The number of amides is 1. The Morgan fingerprint density at radius 1 is 1.09 bits per heavy atom. The molecule has 172 valence electrons. The van der Waals surface area contributed by atoms with E-state index in [0.29, 0.717) is 18.9 Å². The zero-order valence-corrected chi connectivity index (χ0v) is 18.1. The van der Waals surface area contributed by atoms with Gasteiger partial charge in [-0.05, 0) is 37.5 Å². The minimum absolute atomic E-state index is 0.105. The lowest BCUT2D eigenvalue weighted by molar-refractivity contribution is -0.119. The highest BCUT2D eigenvalue weighted by molar-refractivity contribution is 6.06. The van der Waals surface area contributed by atoms with Crippen molar-refractivity contribution in [2.24, 2.45) is 0 Å². The van der Waals surface area contributed by atoms with Crippen LogP contribution in [-0.2, 0) is 17.9 Å². The van der Waals surface area contributed by atoms with Gasteiger partial charge in [0.25, 0.3) is 0 Å². The summed E-state index contributed by atoms with van der Waals surface area (Å²) in [6.45, 7) is 3.97. The molecule has 1 fully saturated rings. The Hall–Kier alpha value is -3.56. The molecule has 7 nitrogen and oxygen atoms in total. The molecular weight excluding hydrogens is 433 g/mol. The number of carbonyl (C=O) groups excluding carboxylic acids is 1. The summed E-state index contributed by atoms with van der Waals surface area (Å²) in [5, 5.41) is 7.49. The van der Waals surface area contributed by atoms with Gasteiger partial charge in [-0.15, -0.1) is 0 Å². The molecule has 10 heteroatoms. The predicted molar refractivity (Wildman–Crippen MR) is 118 cm³/mol. The molecule has 0 radical (unpaired) electrons. The van der Waals surface area contributed by atoms with Gasteiger partial charge in [0, 0.05) is 37.5 Å². The number of benzene rings is 1. The molecule has 2 aliphatic heterocycles. The van der Waals surface area contributed by atoms with Gasteiger partial charge in [-0.2, -0.15) is 5.10 Å². The van der Waals surface area contributed by atoms with Crippen LogP contribution in [0.2, 0.25) is 0 Å². The normalized spacial score (nSPS) is 17.3. The summed E-state index contributed by atoms with van der Waals surface area (Å²) in [6.07, 6.45) is 6.98. The molecule has 3 aromatic rings. The zero-order valence-electron chi connectivity index (χ0n) is 18.1. The number of pyridine rings is 1. The van der Waals surface area contributed by atoms with Gasteiger partial charge in [0.2, 0.25) is 5.91 Å². The Bertz CT molecular complexity index is 1190. The van der Waals surface area contributed by atoms with Crippen LogP contribution in [0.15, 0.2) is 36.8 Å². The van der Waals surface area contributed by atoms with E-state index in [4.69, 9.17) is 0 Å². The molecule has 0 bridgehead atoms. The first kappa shape index (κ1) is 21.3. The minimum Gasteiger partial charge on any atom is -0.366 e. The average Bonchev–Trinajstić information content (AvgIpc) is 3.46. The van der Waals surface area contributed by atoms with Crippen LogP contribution >= 0.6 is 0 Å². The highest BCUT2D eigenvalue weighted by Crippen LogP contribution is 2.40. The maximum absolute atomic E-state index is 13.4. The first-order valence-corrected chi connectivity index (χ1v) is 10.9. The Kier molecular flexibility index (Phi) is 5.43. The molecule has 1 saturated heterocycles. The number of likely N-dealkylation sites (N-methyl/N-ethyl adjacent to an activating group) is 1. The molecule has 0 aliphatic carbocycles. The van der Waals surface area contributed by atoms with E-state index >= 15 is 0 Å². The molecule has 1 amide bonds. The number of carbonyl (C=O) groups is 1. The van der Waals surface area contributed by atoms with Crippen molar-refractivity contribution in [2.45, 2.75) is 38.9 Å². The van der Waals surface area contributed by atoms with Crippen LogP contribution in [0.5, 0.6) is 0 Å². The minimum atomic E-state index is -1.48. The van der Waals surface area contributed by atoms with Crippen LogP contribution in [0.4, 0.5) is 30.4 Å². The van der Waals surface area contributed by atoms with E-state index in [2.05, 4.69) is 20.3 Å². The summed E-state index contributed by atoms with van der Waals surface area (Å²) < 4.78 is 41.6. The highest BCUT2D eigenvalue weighted by Gasteiger charge is 2.40. The number of hydrogen-bond acceptors (Lipinski definition) is 5. The Morgan fingerprint density at radius 3 is 2.64 bits per heavy atom. The van der Waals surface area contributed by atoms with Crippen molar-refractivity contribution in [1.82, 2.24) is 14.8 Å². The van der Waals surface area contributed by atoms with Crippen LogP contribution in [0.3, 0.4) is 0 Å². The van der Waals surface area contributed by atoms with E-state index in [0.717, 1.165) is 48.5 Å². The van der Waals surface area contributed by atoms with E-state index in [9.17, 15) is 18.0 Å². The smallest absolute Gasteiger partial charge is 0.249 e. The third-order valence-electron chi connectivity index (χ3n) is 6.13. The van der Waals surface area contributed by atoms with Gasteiger partial charge < -0.3 is 15.1 Å². The van der Waals surface area contributed by atoms with Crippen molar-refractivity contribution in [1.29, 1.82) is 0 Å². The molecule has 1 aromatic carbocycles. The van der Waals surface area contributed by atoms with Crippen LogP contribution in [0.25, 0.3) is 0 Å². The third kappa shape index (κ3) is 3.90. The summed E-state index contributed by atoms with van der Waals surface area (Å²) in [5.74, 6) is -3.10. The van der Waals surface area contributed by atoms with Crippen molar-refractivity contribution in [3.8, 4) is 0 Å². The lowest BCUT2D eigenvalue weighted by Gasteiger charge is -2.39. The maximum Gasteiger partial charge on any atom is 0.249 e.